The zero-order valence-electron chi connectivity index (χ0n) is 13.3. The summed E-state index contributed by atoms with van der Waals surface area (Å²) < 4.78 is 10.7. The Morgan fingerprint density at radius 2 is 2.14 bits per heavy atom. The largest absolute Gasteiger partial charge is 0.497 e. The van der Waals surface area contributed by atoms with Gasteiger partial charge in [0.25, 0.3) is 0 Å². The Hall–Kier alpha value is -1.88. The van der Waals surface area contributed by atoms with Gasteiger partial charge in [-0.1, -0.05) is 24.2 Å². The molecule has 1 aliphatic rings. The molecule has 0 amide bonds. The highest BCUT2D eigenvalue weighted by molar-refractivity contribution is 5.28. The van der Waals surface area contributed by atoms with Crippen molar-refractivity contribution < 1.29 is 9.26 Å². The Morgan fingerprint density at radius 3 is 2.86 bits per heavy atom. The van der Waals surface area contributed by atoms with Crippen LogP contribution in [0, 0.1) is 0 Å². The second kappa shape index (κ2) is 6.92. The summed E-state index contributed by atoms with van der Waals surface area (Å²) in [5, 5.41) is 4.15. The number of methoxy groups -OCH3 is 1. The summed E-state index contributed by atoms with van der Waals surface area (Å²) in [5.41, 5.74) is 1.16. The van der Waals surface area contributed by atoms with Gasteiger partial charge in [-0.2, -0.15) is 4.98 Å². The minimum Gasteiger partial charge on any atom is -0.497 e. The first-order valence-electron chi connectivity index (χ1n) is 7.99. The minimum atomic E-state index is 0.303. The molecule has 0 radical (unpaired) electrons. The SMILES string of the molecule is CCCN1CCC[C@@H]1c1nc(Cc2ccc(OC)cc2)no1. The number of aromatic nitrogens is 2. The molecular formula is C17H23N3O2. The summed E-state index contributed by atoms with van der Waals surface area (Å²) in [6, 6.07) is 8.28. The fraction of sp³-hybridized carbons (Fsp3) is 0.529. The maximum absolute atomic E-state index is 5.51. The van der Waals surface area contributed by atoms with E-state index in [0.29, 0.717) is 12.5 Å². The van der Waals surface area contributed by atoms with Gasteiger partial charge in [0.15, 0.2) is 5.82 Å². The predicted molar refractivity (Wildman–Crippen MR) is 83.9 cm³/mol. The van der Waals surface area contributed by atoms with Crippen LogP contribution in [0.1, 0.15) is 49.5 Å². The van der Waals surface area contributed by atoms with Gasteiger partial charge < -0.3 is 9.26 Å². The second-order valence-corrected chi connectivity index (χ2v) is 5.77. The van der Waals surface area contributed by atoms with Crippen molar-refractivity contribution in [2.75, 3.05) is 20.2 Å². The predicted octanol–water partition coefficient (Wildman–Crippen LogP) is 3.22. The lowest BCUT2D eigenvalue weighted by molar-refractivity contribution is 0.208. The summed E-state index contributed by atoms with van der Waals surface area (Å²) in [5.74, 6) is 2.39. The van der Waals surface area contributed by atoms with E-state index in [1.807, 2.05) is 24.3 Å². The van der Waals surface area contributed by atoms with Gasteiger partial charge >= 0.3 is 0 Å². The maximum atomic E-state index is 5.51. The van der Waals surface area contributed by atoms with Crippen LogP contribution in [0.25, 0.3) is 0 Å². The summed E-state index contributed by atoms with van der Waals surface area (Å²) in [6.07, 6.45) is 4.17. The van der Waals surface area contributed by atoms with Crippen molar-refractivity contribution >= 4 is 0 Å². The van der Waals surface area contributed by atoms with E-state index in [-0.39, 0.29) is 0 Å². The van der Waals surface area contributed by atoms with E-state index in [1.165, 1.54) is 6.42 Å². The average Bonchev–Trinajstić information content (AvgIpc) is 3.17. The summed E-state index contributed by atoms with van der Waals surface area (Å²) in [4.78, 5) is 7.06. The molecular weight excluding hydrogens is 278 g/mol. The molecule has 1 saturated heterocycles. The van der Waals surface area contributed by atoms with Gasteiger partial charge in [0.1, 0.15) is 5.75 Å². The van der Waals surface area contributed by atoms with E-state index in [1.54, 1.807) is 7.11 Å². The van der Waals surface area contributed by atoms with Crippen LogP contribution in [0.2, 0.25) is 0 Å². The second-order valence-electron chi connectivity index (χ2n) is 5.77. The van der Waals surface area contributed by atoms with E-state index in [2.05, 4.69) is 22.0 Å². The fourth-order valence-electron chi connectivity index (χ4n) is 3.06. The van der Waals surface area contributed by atoms with Crippen LogP contribution in [-0.2, 0) is 6.42 Å². The lowest BCUT2D eigenvalue weighted by Crippen LogP contribution is -2.24. The van der Waals surface area contributed by atoms with E-state index < -0.39 is 0 Å². The third kappa shape index (κ3) is 3.30. The lowest BCUT2D eigenvalue weighted by Gasteiger charge is -2.20. The van der Waals surface area contributed by atoms with E-state index in [0.717, 1.165) is 49.0 Å². The quantitative estimate of drug-likeness (QED) is 0.820. The van der Waals surface area contributed by atoms with Crippen LogP contribution in [0.3, 0.4) is 0 Å². The zero-order valence-corrected chi connectivity index (χ0v) is 13.3. The summed E-state index contributed by atoms with van der Waals surface area (Å²) >= 11 is 0. The van der Waals surface area contributed by atoms with Gasteiger partial charge in [0, 0.05) is 6.42 Å². The Kier molecular flexibility index (Phi) is 4.73. The van der Waals surface area contributed by atoms with Crippen LogP contribution in [0.5, 0.6) is 5.75 Å². The third-order valence-corrected chi connectivity index (χ3v) is 4.16. The molecule has 2 heterocycles. The molecule has 0 unspecified atom stereocenters. The van der Waals surface area contributed by atoms with E-state index in [4.69, 9.17) is 9.26 Å². The molecule has 2 aromatic rings. The number of ether oxygens (including phenoxy) is 1. The lowest BCUT2D eigenvalue weighted by atomic mass is 10.1. The first kappa shape index (κ1) is 15.0. The fourth-order valence-corrected chi connectivity index (χ4v) is 3.06. The zero-order chi connectivity index (χ0) is 15.4. The van der Waals surface area contributed by atoms with Crippen molar-refractivity contribution in [3.63, 3.8) is 0 Å². The molecule has 1 aromatic heterocycles. The molecule has 0 saturated carbocycles. The van der Waals surface area contributed by atoms with Crippen LogP contribution < -0.4 is 4.74 Å². The Morgan fingerprint density at radius 1 is 1.32 bits per heavy atom. The standard InChI is InChI=1S/C17H23N3O2/c1-3-10-20-11-4-5-15(20)17-18-16(19-22-17)12-13-6-8-14(21-2)9-7-13/h6-9,15H,3-5,10-12H2,1-2H3/t15-/m1/s1. The maximum Gasteiger partial charge on any atom is 0.244 e. The highest BCUT2D eigenvalue weighted by Crippen LogP contribution is 2.30. The number of nitrogens with zero attached hydrogens (tertiary/aromatic N) is 3. The summed E-state index contributed by atoms with van der Waals surface area (Å²) in [6.45, 7) is 4.44. The van der Waals surface area contributed by atoms with Crippen molar-refractivity contribution in [1.82, 2.24) is 15.0 Å². The first-order valence-corrected chi connectivity index (χ1v) is 7.99. The molecule has 0 spiro atoms. The Labute approximate surface area is 131 Å². The van der Waals surface area contributed by atoms with Crippen LogP contribution in [0.4, 0.5) is 0 Å². The minimum absolute atomic E-state index is 0.303. The average molecular weight is 301 g/mol. The Bertz CT molecular complexity index is 594. The van der Waals surface area contributed by atoms with Gasteiger partial charge in [0.05, 0.1) is 13.2 Å². The number of hydrogen-bond acceptors (Lipinski definition) is 5. The number of hydrogen-bond donors (Lipinski definition) is 0. The van der Waals surface area contributed by atoms with Crippen LogP contribution in [-0.4, -0.2) is 35.2 Å². The van der Waals surface area contributed by atoms with Gasteiger partial charge in [0.2, 0.25) is 5.89 Å². The number of likely N-dealkylation sites (tertiary alicyclic amines) is 1. The molecule has 1 aliphatic heterocycles. The monoisotopic (exact) mass is 301 g/mol. The molecule has 5 heteroatoms. The van der Waals surface area contributed by atoms with Crippen molar-refractivity contribution in [2.45, 2.75) is 38.6 Å². The molecule has 1 fully saturated rings. The summed E-state index contributed by atoms with van der Waals surface area (Å²) in [7, 11) is 1.67. The third-order valence-electron chi connectivity index (χ3n) is 4.16. The molecule has 0 N–H and O–H groups in total. The molecule has 0 aliphatic carbocycles. The first-order chi connectivity index (χ1) is 10.8. The highest BCUT2D eigenvalue weighted by atomic mass is 16.5. The normalized spacial score (nSPS) is 18.7. The molecule has 118 valence electrons. The highest BCUT2D eigenvalue weighted by Gasteiger charge is 2.29. The Balaban J connectivity index is 1.67. The topological polar surface area (TPSA) is 51.4 Å². The molecule has 0 bridgehead atoms. The van der Waals surface area contributed by atoms with Gasteiger partial charge in [-0.3, -0.25) is 4.90 Å². The molecule has 3 rings (SSSR count). The van der Waals surface area contributed by atoms with E-state index >= 15 is 0 Å². The van der Waals surface area contributed by atoms with Gasteiger partial charge in [-0.15, -0.1) is 0 Å². The number of rotatable bonds is 6. The van der Waals surface area contributed by atoms with Crippen molar-refractivity contribution in [3.8, 4) is 5.75 Å². The smallest absolute Gasteiger partial charge is 0.244 e. The van der Waals surface area contributed by atoms with Gasteiger partial charge in [-0.25, -0.2) is 0 Å². The number of benzene rings is 1. The van der Waals surface area contributed by atoms with Crippen molar-refractivity contribution in [1.29, 1.82) is 0 Å². The van der Waals surface area contributed by atoms with Crippen molar-refractivity contribution in [3.05, 3.63) is 41.5 Å². The van der Waals surface area contributed by atoms with Crippen LogP contribution in [0.15, 0.2) is 28.8 Å². The van der Waals surface area contributed by atoms with Crippen LogP contribution >= 0.6 is 0 Å². The van der Waals surface area contributed by atoms with Gasteiger partial charge in [-0.05, 0) is 50.0 Å². The van der Waals surface area contributed by atoms with Crippen molar-refractivity contribution in [2.24, 2.45) is 0 Å². The molecule has 1 atom stereocenters. The molecule has 22 heavy (non-hydrogen) atoms. The molecule has 1 aromatic carbocycles. The molecule has 5 nitrogen and oxygen atoms in total. The van der Waals surface area contributed by atoms with E-state index in [9.17, 15) is 0 Å².